The van der Waals surface area contributed by atoms with Crippen molar-refractivity contribution in [2.24, 2.45) is 16.8 Å². The van der Waals surface area contributed by atoms with E-state index in [1.165, 1.54) is 4.90 Å². The van der Waals surface area contributed by atoms with Gasteiger partial charge in [-0.1, -0.05) is 30.3 Å². The molecule has 0 radical (unpaired) electrons. The molecule has 1 heterocycles. The van der Waals surface area contributed by atoms with Crippen LogP contribution in [0.1, 0.15) is 18.4 Å². The van der Waals surface area contributed by atoms with E-state index in [2.05, 4.69) is 5.16 Å². The highest BCUT2D eigenvalue weighted by Crippen LogP contribution is 2.40. The summed E-state index contributed by atoms with van der Waals surface area (Å²) in [6, 6.07) is 8.01. The average molecular weight is 293 g/mol. The van der Waals surface area contributed by atoms with E-state index in [4.69, 9.17) is 10.9 Å². The maximum atomic E-state index is 12.5. The Morgan fingerprint density at radius 3 is 3.00 bits per heavy atom. The summed E-state index contributed by atoms with van der Waals surface area (Å²) in [5.74, 6) is 0.741. The van der Waals surface area contributed by atoms with Crippen molar-refractivity contribution in [3.63, 3.8) is 0 Å². The molecule has 5 nitrogen and oxygen atoms in total. The first-order valence-electron chi connectivity index (χ1n) is 6.48. The van der Waals surface area contributed by atoms with Crippen LogP contribution >= 0.6 is 11.8 Å². The minimum absolute atomic E-state index is 0.0834. The fraction of sp³-hybridized carbons (Fsp3) is 0.429. The summed E-state index contributed by atoms with van der Waals surface area (Å²) in [7, 11) is 1.76. The van der Waals surface area contributed by atoms with E-state index in [1.54, 1.807) is 23.7 Å². The number of nitrogens with zero attached hydrogens (tertiary/aromatic N) is 2. The zero-order chi connectivity index (χ0) is 14.7. The van der Waals surface area contributed by atoms with Gasteiger partial charge in [0.2, 0.25) is 5.91 Å². The normalized spacial score (nSPS) is 19.5. The number of hydrogen-bond donors (Lipinski definition) is 2. The van der Waals surface area contributed by atoms with Gasteiger partial charge in [0.05, 0.1) is 5.92 Å². The lowest BCUT2D eigenvalue weighted by Crippen LogP contribution is -2.38. The first-order valence-corrected chi connectivity index (χ1v) is 7.47. The molecule has 1 aliphatic rings. The molecule has 1 amide bonds. The van der Waals surface area contributed by atoms with Crippen LogP contribution in [0.15, 0.2) is 34.3 Å². The minimum Gasteiger partial charge on any atom is -0.409 e. The Morgan fingerprint density at radius 1 is 1.60 bits per heavy atom. The zero-order valence-electron chi connectivity index (χ0n) is 11.6. The summed E-state index contributed by atoms with van der Waals surface area (Å²) in [6.45, 7) is 2.27. The molecule has 0 saturated heterocycles. The van der Waals surface area contributed by atoms with Crippen molar-refractivity contribution in [3.8, 4) is 0 Å². The Hall–Kier alpha value is -1.69. The van der Waals surface area contributed by atoms with Gasteiger partial charge in [0.1, 0.15) is 5.84 Å². The van der Waals surface area contributed by atoms with Crippen molar-refractivity contribution in [3.05, 3.63) is 29.8 Å². The van der Waals surface area contributed by atoms with Gasteiger partial charge in [-0.3, -0.25) is 4.79 Å². The number of hydrogen-bond acceptors (Lipinski definition) is 4. The van der Waals surface area contributed by atoms with Crippen LogP contribution < -0.4 is 5.73 Å². The molecule has 2 unspecified atom stereocenters. The molecule has 2 rings (SSSR count). The number of rotatable bonds is 4. The average Bonchev–Trinajstić information content (AvgIpc) is 2.89. The fourth-order valence-electron chi connectivity index (χ4n) is 2.33. The van der Waals surface area contributed by atoms with Crippen LogP contribution in [0.25, 0.3) is 0 Å². The summed E-state index contributed by atoms with van der Waals surface area (Å²) >= 11 is 1.72. The second-order valence-corrected chi connectivity index (χ2v) is 6.11. The molecule has 0 bridgehead atoms. The van der Waals surface area contributed by atoms with Crippen molar-refractivity contribution in [2.45, 2.75) is 17.7 Å². The number of thioether (sulfide) groups is 1. The molecule has 1 aliphatic heterocycles. The molecule has 108 valence electrons. The summed E-state index contributed by atoms with van der Waals surface area (Å²) in [6.07, 6.45) is 0. The second kappa shape index (κ2) is 6.17. The smallest absolute Gasteiger partial charge is 0.230 e. The highest BCUT2D eigenvalue weighted by Gasteiger charge is 2.31. The van der Waals surface area contributed by atoms with E-state index in [0.29, 0.717) is 6.54 Å². The van der Waals surface area contributed by atoms with Crippen molar-refractivity contribution >= 4 is 23.5 Å². The molecular formula is C14H19N3O2S. The van der Waals surface area contributed by atoms with E-state index >= 15 is 0 Å². The van der Waals surface area contributed by atoms with E-state index in [0.717, 1.165) is 11.3 Å². The first-order chi connectivity index (χ1) is 9.54. The van der Waals surface area contributed by atoms with Gasteiger partial charge in [0, 0.05) is 30.2 Å². The van der Waals surface area contributed by atoms with Crippen molar-refractivity contribution in [1.29, 1.82) is 0 Å². The fourth-order valence-corrected chi connectivity index (χ4v) is 3.55. The van der Waals surface area contributed by atoms with Gasteiger partial charge in [-0.25, -0.2) is 0 Å². The maximum absolute atomic E-state index is 12.5. The first kappa shape index (κ1) is 14.7. The molecule has 1 aromatic rings. The molecular weight excluding hydrogens is 274 g/mol. The molecule has 0 spiro atoms. The molecule has 0 fully saturated rings. The summed E-state index contributed by atoms with van der Waals surface area (Å²) < 4.78 is 0. The zero-order valence-corrected chi connectivity index (χ0v) is 12.4. The van der Waals surface area contributed by atoms with Crippen molar-refractivity contribution in [1.82, 2.24) is 4.90 Å². The van der Waals surface area contributed by atoms with Gasteiger partial charge < -0.3 is 15.8 Å². The van der Waals surface area contributed by atoms with Crippen LogP contribution in [0, 0.1) is 5.92 Å². The van der Waals surface area contributed by atoms with Crippen molar-refractivity contribution < 1.29 is 10.0 Å². The predicted octanol–water partition coefficient (Wildman–Crippen LogP) is 1.72. The molecule has 0 aromatic heterocycles. The Kier molecular flexibility index (Phi) is 4.54. The molecule has 3 N–H and O–H groups in total. The van der Waals surface area contributed by atoms with Crippen LogP contribution in [0.3, 0.4) is 0 Å². The monoisotopic (exact) mass is 293 g/mol. The topological polar surface area (TPSA) is 78.9 Å². The number of fused-ring (bicyclic) bond motifs is 1. The number of nitrogens with two attached hydrogens (primary N) is 1. The lowest BCUT2D eigenvalue weighted by molar-refractivity contribution is -0.131. The largest absolute Gasteiger partial charge is 0.409 e. The number of likely N-dealkylation sites (N-methyl/N-ethyl adjacent to an activating group) is 1. The van der Waals surface area contributed by atoms with Gasteiger partial charge in [-0.2, -0.15) is 0 Å². The number of carbonyl (C=O) groups is 1. The third kappa shape index (κ3) is 2.90. The van der Waals surface area contributed by atoms with Crippen LogP contribution in [-0.2, 0) is 4.79 Å². The number of amidine groups is 1. The van der Waals surface area contributed by atoms with Crippen molar-refractivity contribution in [2.75, 3.05) is 19.3 Å². The second-order valence-electron chi connectivity index (χ2n) is 5.05. The Balaban J connectivity index is 2.06. The minimum atomic E-state index is -0.168. The highest BCUT2D eigenvalue weighted by molar-refractivity contribution is 7.99. The molecule has 6 heteroatoms. The maximum Gasteiger partial charge on any atom is 0.230 e. The van der Waals surface area contributed by atoms with Crippen LogP contribution in [-0.4, -0.2) is 41.2 Å². The Morgan fingerprint density at radius 2 is 2.30 bits per heavy atom. The molecule has 1 aromatic carbocycles. The highest BCUT2D eigenvalue weighted by atomic mass is 32.2. The summed E-state index contributed by atoms with van der Waals surface area (Å²) in [5, 5.41) is 11.6. The number of benzene rings is 1. The van der Waals surface area contributed by atoms with Gasteiger partial charge >= 0.3 is 0 Å². The van der Waals surface area contributed by atoms with Gasteiger partial charge in [0.15, 0.2) is 0 Å². The predicted molar refractivity (Wildman–Crippen MR) is 80.1 cm³/mol. The molecule has 20 heavy (non-hydrogen) atoms. The number of oxime groups is 1. The Bertz CT molecular complexity index is 533. The Labute approximate surface area is 122 Å². The van der Waals surface area contributed by atoms with E-state index in [1.807, 2.05) is 31.2 Å². The quantitative estimate of drug-likeness (QED) is 0.383. The van der Waals surface area contributed by atoms with E-state index in [-0.39, 0.29) is 23.6 Å². The standard InChI is InChI=1S/C14H19N3O2S/c1-9(13(15)16-19)7-17(2)14(18)11-8-20-12-6-4-3-5-10(11)12/h3-6,9,11,19H,7-8H2,1-2H3,(H2,15,16). The molecule has 0 saturated carbocycles. The van der Waals surface area contributed by atoms with Gasteiger partial charge in [-0.15, -0.1) is 11.8 Å². The van der Waals surface area contributed by atoms with Crippen LogP contribution in [0.5, 0.6) is 0 Å². The van der Waals surface area contributed by atoms with E-state index in [9.17, 15) is 4.79 Å². The third-order valence-electron chi connectivity index (χ3n) is 3.54. The third-order valence-corrected chi connectivity index (χ3v) is 4.73. The lowest BCUT2D eigenvalue weighted by atomic mass is 9.99. The summed E-state index contributed by atoms with van der Waals surface area (Å²) in [5.41, 5.74) is 6.66. The number of carbonyl (C=O) groups excluding carboxylic acids is 1. The molecule has 0 aliphatic carbocycles. The van der Waals surface area contributed by atoms with Crippen LogP contribution in [0.2, 0.25) is 0 Å². The SMILES string of the molecule is CC(CN(C)C(=O)C1CSc2ccccc21)C(N)=NO. The number of amides is 1. The molecule has 2 atom stereocenters. The van der Waals surface area contributed by atoms with Gasteiger partial charge in [0.25, 0.3) is 0 Å². The van der Waals surface area contributed by atoms with Gasteiger partial charge in [-0.05, 0) is 11.6 Å². The van der Waals surface area contributed by atoms with Crippen LogP contribution in [0.4, 0.5) is 0 Å². The lowest BCUT2D eigenvalue weighted by Gasteiger charge is -2.24. The van der Waals surface area contributed by atoms with E-state index < -0.39 is 0 Å². The summed E-state index contributed by atoms with van der Waals surface area (Å²) in [4.78, 5) is 15.4.